The Morgan fingerprint density at radius 2 is 2.16 bits per heavy atom. The molecule has 0 aromatic heterocycles. The Kier molecular flexibility index (Phi) is 4.30. The molecule has 2 bridgehead atoms. The van der Waals surface area contributed by atoms with Crippen LogP contribution in [-0.2, 0) is 25.2 Å². The monoisotopic (exact) mass is 447 g/mol. The molecule has 1 spiro atoms. The van der Waals surface area contributed by atoms with Gasteiger partial charge in [-0.25, -0.2) is 0 Å². The van der Waals surface area contributed by atoms with Gasteiger partial charge in [-0.05, 0) is 30.7 Å². The maximum Gasteiger partial charge on any atom is 0.417 e. The van der Waals surface area contributed by atoms with Gasteiger partial charge < -0.3 is 14.8 Å². The summed E-state index contributed by atoms with van der Waals surface area (Å²) in [4.78, 5) is 26.9. The van der Waals surface area contributed by atoms with E-state index in [1.807, 2.05) is 0 Å². The number of benzene rings is 1. The average Bonchev–Trinajstić information content (AvgIpc) is 3.30. The number of alkyl halides is 3. The van der Waals surface area contributed by atoms with E-state index in [2.05, 4.69) is 5.32 Å². The van der Waals surface area contributed by atoms with Crippen molar-refractivity contribution < 1.29 is 32.2 Å². The maximum atomic E-state index is 13.5. The van der Waals surface area contributed by atoms with E-state index in [9.17, 15) is 22.8 Å². The summed E-state index contributed by atoms with van der Waals surface area (Å²) < 4.78 is 52.9. The summed E-state index contributed by atoms with van der Waals surface area (Å²) in [7, 11) is 1.52. The van der Waals surface area contributed by atoms with E-state index in [4.69, 9.17) is 14.7 Å². The van der Waals surface area contributed by atoms with Crippen molar-refractivity contribution in [3.05, 3.63) is 41.0 Å². The highest BCUT2D eigenvalue weighted by Gasteiger charge is 2.76. The number of nitrogens with one attached hydrogen (secondary N) is 1. The molecule has 4 heterocycles. The highest BCUT2D eigenvalue weighted by atomic mass is 19.4. The van der Waals surface area contributed by atoms with Crippen LogP contribution in [0.15, 0.2) is 29.8 Å². The lowest BCUT2D eigenvalue weighted by atomic mass is 9.64. The number of rotatable bonds is 2. The normalized spacial score (nSPS) is 36.4. The van der Waals surface area contributed by atoms with Crippen LogP contribution in [0.3, 0.4) is 0 Å². The van der Waals surface area contributed by atoms with Crippen molar-refractivity contribution in [2.45, 2.75) is 43.4 Å². The van der Waals surface area contributed by atoms with Gasteiger partial charge in [0.25, 0.3) is 0 Å². The van der Waals surface area contributed by atoms with Crippen LogP contribution in [0.2, 0.25) is 0 Å². The fourth-order valence-corrected chi connectivity index (χ4v) is 5.98. The third-order valence-electron chi connectivity index (χ3n) is 7.14. The number of halogens is 3. The van der Waals surface area contributed by atoms with Crippen molar-refractivity contribution in [3.63, 3.8) is 0 Å². The van der Waals surface area contributed by atoms with E-state index in [0.717, 1.165) is 17.7 Å². The van der Waals surface area contributed by atoms with E-state index in [-0.39, 0.29) is 24.1 Å². The number of anilines is 1. The summed E-state index contributed by atoms with van der Waals surface area (Å²) >= 11 is 0. The smallest absolute Gasteiger partial charge is 0.363 e. The minimum Gasteiger partial charge on any atom is -0.363 e. The first kappa shape index (κ1) is 21.0. The summed E-state index contributed by atoms with van der Waals surface area (Å²) in [6.45, 7) is 2.03. The number of likely N-dealkylation sites (N-methyl/N-ethyl adjacent to an activating group) is 1. The van der Waals surface area contributed by atoms with Gasteiger partial charge in [0.2, 0.25) is 11.8 Å². The Morgan fingerprint density at radius 1 is 1.41 bits per heavy atom. The van der Waals surface area contributed by atoms with Gasteiger partial charge in [-0.1, -0.05) is 0 Å². The lowest BCUT2D eigenvalue weighted by molar-refractivity contribution is -0.138. The molecule has 1 aromatic rings. The quantitative estimate of drug-likeness (QED) is 0.704. The van der Waals surface area contributed by atoms with Crippen LogP contribution in [0.5, 0.6) is 0 Å². The number of amides is 2. The van der Waals surface area contributed by atoms with E-state index >= 15 is 0 Å². The predicted octanol–water partition coefficient (Wildman–Crippen LogP) is 2.51. The first-order chi connectivity index (χ1) is 15.1. The van der Waals surface area contributed by atoms with Crippen LogP contribution in [-0.4, -0.2) is 42.9 Å². The standard InChI is InChI=1S/C22H20F3N3O4/c1-20-9-12(7-15(29)27-2)21(32-20)5-6-31-19-17(21)16(20)18(30)28(19)13-4-3-11(10-26)14(8-13)22(23,24)25/h3-4,7-8,16-17,19H,5-6,9H2,1-2H3,(H,27,29)/t16-,17+,19+,20-,21+/m1/s1. The zero-order chi connectivity index (χ0) is 23.1. The molecule has 4 saturated heterocycles. The maximum absolute atomic E-state index is 13.5. The zero-order valence-corrected chi connectivity index (χ0v) is 17.3. The molecular weight excluding hydrogens is 427 g/mol. The van der Waals surface area contributed by atoms with Crippen LogP contribution < -0.4 is 10.2 Å². The number of ether oxygens (including phenoxy) is 2. The molecule has 0 saturated carbocycles. The van der Waals surface area contributed by atoms with Crippen LogP contribution in [0.25, 0.3) is 0 Å². The number of nitriles is 1. The minimum absolute atomic E-state index is 0.0256. The zero-order valence-electron chi connectivity index (χ0n) is 17.3. The van der Waals surface area contributed by atoms with Gasteiger partial charge in [0.1, 0.15) is 11.8 Å². The van der Waals surface area contributed by atoms with Gasteiger partial charge >= 0.3 is 6.18 Å². The molecule has 10 heteroatoms. The number of nitrogens with zero attached hydrogens (tertiary/aromatic N) is 2. The second-order valence-electron chi connectivity index (χ2n) is 8.83. The summed E-state index contributed by atoms with van der Waals surface area (Å²) in [5, 5.41) is 11.6. The Morgan fingerprint density at radius 3 is 2.81 bits per heavy atom. The third-order valence-corrected chi connectivity index (χ3v) is 7.14. The second kappa shape index (κ2) is 6.56. The summed E-state index contributed by atoms with van der Waals surface area (Å²) in [6.07, 6.45) is -3.24. The van der Waals surface area contributed by atoms with Crippen molar-refractivity contribution in [1.82, 2.24) is 5.32 Å². The SMILES string of the molecule is CNC(=O)C=C1C[C@@]2(C)O[C@@]13CCO[C@H]1[C@@H]3[C@@H]2C(=O)N1c1ccc(C#N)c(C(F)(F)F)c1. The molecule has 0 radical (unpaired) electrons. The largest absolute Gasteiger partial charge is 0.417 e. The van der Waals surface area contributed by atoms with Crippen LogP contribution in [0.1, 0.15) is 30.9 Å². The Balaban J connectivity index is 1.61. The molecule has 0 aliphatic carbocycles. The first-order valence-corrected chi connectivity index (χ1v) is 10.2. The molecule has 168 valence electrons. The number of fused-ring (bicyclic) bond motifs is 2. The van der Waals surface area contributed by atoms with E-state index in [0.29, 0.717) is 12.8 Å². The predicted molar refractivity (Wildman–Crippen MR) is 104 cm³/mol. The molecule has 4 fully saturated rings. The van der Waals surface area contributed by atoms with Crippen molar-refractivity contribution >= 4 is 17.5 Å². The molecule has 7 nitrogen and oxygen atoms in total. The number of hydrogen-bond acceptors (Lipinski definition) is 5. The van der Waals surface area contributed by atoms with E-state index in [1.165, 1.54) is 24.1 Å². The van der Waals surface area contributed by atoms with Gasteiger partial charge in [0, 0.05) is 31.7 Å². The topological polar surface area (TPSA) is 91.7 Å². The number of carbonyl (C=O) groups excluding carboxylic acids is 2. The highest BCUT2D eigenvalue weighted by molar-refractivity contribution is 6.00. The van der Waals surface area contributed by atoms with Crippen molar-refractivity contribution in [1.29, 1.82) is 5.26 Å². The summed E-state index contributed by atoms with van der Waals surface area (Å²) in [5.74, 6) is -1.72. The Labute approximate surface area is 181 Å². The van der Waals surface area contributed by atoms with Crippen LogP contribution in [0, 0.1) is 23.2 Å². The van der Waals surface area contributed by atoms with Crippen molar-refractivity contribution in [3.8, 4) is 6.07 Å². The molecule has 5 atom stereocenters. The van der Waals surface area contributed by atoms with Gasteiger partial charge in [0.15, 0.2) is 0 Å². The molecular formula is C22H20F3N3O4. The molecule has 1 N–H and O–H groups in total. The fraction of sp³-hybridized carbons (Fsp3) is 0.500. The molecule has 0 unspecified atom stereocenters. The van der Waals surface area contributed by atoms with Crippen molar-refractivity contribution in [2.75, 3.05) is 18.6 Å². The van der Waals surface area contributed by atoms with Gasteiger partial charge in [0.05, 0.1) is 41.2 Å². The molecule has 1 aromatic carbocycles. The molecule has 4 aliphatic heterocycles. The van der Waals surface area contributed by atoms with Crippen LogP contribution in [0.4, 0.5) is 18.9 Å². The number of carbonyl (C=O) groups is 2. The fourth-order valence-electron chi connectivity index (χ4n) is 5.98. The van der Waals surface area contributed by atoms with Gasteiger partial charge in [-0.2, -0.15) is 18.4 Å². The van der Waals surface area contributed by atoms with Crippen molar-refractivity contribution in [2.24, 2.45) is 11.8 Å². The summed E-state index contributed by atoms with van der Waals surface area (Å²) in [6, 6.07) is 4.79. The Hall–Kier alpha value is -2.90. The molecule has 5 rings (SSSR count). The van der Waals surface area contributed by atoms with Crippen LogP contribution >= 0.6 is 0 Å². The minimum atomic E-state index is -4.74. The van der Waals surface area contributed by atoms with Gasteiger partial charge in [-0.15, -0.1) is 0 Å². The first-order valence-electron chi connectivity index (χ1n) is 10.2. The lowest BCUT2D eigenvalue weighted by Crippen LogP contribution is -2.52. The Bertz CT molecular complexity index is 1110. The second-order valence-corrected chi connectivity index (χ2v) is 8.83. The average molecular weight is 447 g/mol. The molecule has 2 amide bonds. The van der Waals surface area contributed by atoms with E-state index < -0.39 is 46.6 Å². The lowest BCUT2D eigenvalue weighted by Gasteiger charge is -2.43. The third kappa shape index (κ3) is 2.61. The van der Waals surface area contributed by atoms with E-state index in [1.54, 1.807) is 13.0 Å². The number of hydrogen-bond donors (Lipinski definition) is 1. The molecule has 32 heavy (non-hydrogen) atoms. The van der Waals surface area contributed by atoms with Gasteiger partial charge in [-0.3, -0.25) is 14.5 Å². The summed E-state index contributed by atoms with van der Waals surface area (Å²) in [5.41, 5.74) is -2.57. The highest BCUT2D eigenvalue weighted by Crippen LogP contribution is 2.67. The molecule has 4 aliphatic rings.